The Morgan fingerprint density at radius 2 is 2.43 bits per heavy atom. The van der Waals surface area contributed by atoms with E-state index < -0.39 is 0 Å². The molecule has 0 amide bonds. The molecule has 1 saturated heterocycles. The Balaban J connectivity index is 2.14. The van der Waals surface area contributed by atoms with Crippen molar-refractivity contribution in [2.45, 2.75) is 32.2 Å². The summed E-state index contributed by atoms with van der Waals surface area (Å²) >= 11 is 3.18. The highest BCUT2D eigenvalue weighted by Gasteiger charge is 2.26. The number of rotatable bonds is 2. The summed E-state index contributed by atoms with van der Waals surface area (Å²) in [6.07, 6.45) is 3.68. The van der Waals surface area contributed by atoms with Crippen molar-refractivity contribution in [3.8, 4) is 0 Å². The van der Waals surface area contributed by atoms with Crippen molar-refractivity contribution in [3.05, 3.63) is 10.6 Å². The molecule has 0 radical (unpaired) electrons. The first kappa shape index (κ1) is 10.1. The molecular weight excluding hydrogens is 246 g/mol. The SMILES string of the molecule is CCN1CCCCC1c1noc(Br)n1. The van der Waals surface area contributed by atoms with Crippen LogP contribution in [0.3, 0.4) is 0 Å². The van der Waals surface area contributed by atoms with E-state index in [1.165, 1.54) is 12.8 Å². The Bertz CT molecular complexity index is 302. The average Bonchev–Trinajstić information content (AvgIpc) is 2.65. The lowest BCUT2D eigenvalue weighted by atomic mass is 10.0. The van der Waals surface area contributed by atoms with E-state index in [1.54, 1.807) is 0 Å². The lowest BCUT2D eigenvalue weighted by Crippen LogP contribution is -2.33. The summed E-state index contributed by atoms with van der Waals surface area (Å²) in [5, 5.41) is 3.96. The molecule has 4 nitrogen and oxygen atoms in total. The molecule has 1 unspecified atom stereocenters. The first-order valence-electron chi connectivity index (χ1n) is 5.04. The second kappa shape index (κ2) is 4.40. The highest BCUT2D eigenvalue weighted by Crippen LogP contribution is 2.29. The molecule has 0 aromatic carbocycles. The van der Waals surface area contributed by atoms with Gasteiger partial charge in [0, 0.05) is 15.9 Å². The number of piperidine rings is 1. The zero-order chi connectivity index (χ0) is 9.97. The van der Waals surface area contributed by atoms with Gasteiger partial charge in [-0.1, -0.05) is 18.5 Å². The van der Waals surface area contributed by atoms with Crippen molar-refractivity contribution in [2.24, 2.45) is 0 Å². The van der Waals surface area contributed by atoms with E-state index in [4.69, 9.17) is 4.52 Å². The number of hydrogen-bond acceptors (Lipinski definition) is 4. The van der Waals surface area contributed by atoms with E-state index in [2.05, 4.69) is 37.9 Å². The van der Waals surface area contributed by atoms with Gasteiger partial charge in [0.2, 0.25) is 0 Å². The van der Waals surface area contributed by atoms with Crippen molar-refractivity contribution in [2.75, 3.05) is 13.1 Å². The van der Waals surface area contributed by atoms with Gasteiger partial charge in [-0.25, -0.2) is 0 Å². The molecule has 0 aliphatic carbocycles. The van der Waals surface area contributed by atoms with E-state index >= 15 is 0 Å². The molecule has 1 aromatic heterocycles. The van der Waals surface area contributed by atoms with Crippen LogP contribution in [0.25, 0.3) is 0 Å². The third kappa shape index (κ3) is 1.98. The topological polar surface area (TPSA) is 42.2 Å². The predicted octanol–water partition coefficient (Wildman–Crippen LogP) is 2.38. The first-order chi connectivity index (χ1) is 6.81. The minimum absolute atomic E-state index is 0.351. The van der Waals surface area contributed by atoms with E-state index in [1.807, 2.05) is 0 Å². The van der Waals surface area contributed by atoms with Gasteiger partial charge in [-0.2, -0.15) is 4.98 Å². The largest absolute Gasteiger partial charge is 0.327 e. The van der Waals surface area contributed by atoms with E-state index in [0.29, 0.717) is 10.8 Å². The third-order valence-corrected chi connectivity index (χ3v) is 3.06. The van der Waals surface area contributed by atoms with E-state index in [0.717, 1.165) is 25.3 Å². The summed E-state index contributed by atoms with van der Waals surface area (Å²) in [6.45, 7) is 4.37. The van der Waals surface area contributed by atoms with Crippen LogP contribution >= 0.6 is 15.9 Å². The molecule has 1 atom stereocenters. The van der Waals surface area contributed by atoms with Crippen LogP contribution in [-0.4, -0.2) is 28.1 Å². The van der Waals surface area contributed by atoms with Crippen LogP contribution in [0.15, 0.2) is 9.32 Å². The molecule has 14 heavy (non-hydrogen) atoms. The van der Waals surface area contributed by atoms with Crippen LogP contribution in [0.5, 0.6) is 0 Å². The molecule has 2 rings (SSSR count). The van der Waals surface area contributed by atoms with Gasteiger partial charge >= 0.3 is 0 Å². The van der Waals surface area contributed by atoms with Crippen LogP contribution in [-0.2, 0) is 0 Å². The Hall–Kier alpha value is -0.420. The monoisotopic (exact) mass is 259 g/mol. The van der Waals surface area contributed by atoms with Crippen LogP contribution in [0.4, 0.5) is 0 Å². The minimum atomic E-state index is 0.351. The fourth-order valence-electron chi connectivity index (χ4n) is 2.01. The Morgan fingerprint density at radius 3 is 3.07 bits per heavy atom. The molecule has 1 aromatic rings. The number of nitrogens with zero attached hydrogens (tertiary/aromatic N) is 3. The lowest BCUT2D eigenvalue weighted by Gasteiger charge is -2.32. The molecule has 5 heteroatoms. The molecule has 0 saturated carbocycles. The fourth-order valence-corrected chi connectivity index (χ4v) is 2.27. The van der Waals surface area contributed by atoms with E-state index in [9.17, 15) is 0 Å². The standard InChI is InChI=1S/C9H14BrN3O/c1-2-13-6-4-3-5-7(13)8-11-9(10)14-12-8/h7H,2-6H2,1H3. The van der Waals surface area contributed by atoms with Gasteiger partial charge in [0.15, 0.2) is 5.82 Å². The number of aromatic nitrogens is 2. The van der Waals surface area contributed by atoms with E-state index in [-0.39, 0.29) is 0 Å². The van der Waals surface area contributed by atoms with Gasteiger partial charge < -0.3 is 4.52 Å². The zero-order valence-corrected chi connectivity index (χ0v) is 9.83. The molecule has 1 aliphatic rings. The summed E-state index contributed by atoms with van der Waals surface area (Å²) in [6, 6.07) is 0.351. The maximum atomic E-state index is 4.94. The van der Waals surface area contributed by atoms with Crippen LogP contribution in [0, 0.1) is 0 Å². The molecule has 2 heterocycles. The van der Waals surface area contributed by atoms with Gasteiger partial charge in [0.05, 0.1) is 6.04 Å². The average molecular weight is 260 g/mol. The first-order valence-corrected chi connectivity index (χ1v) is 5.83. The summed E-state index contributed by atoms with van der Waals surface area (Å²) in [7, 11) is 0. The van der Waals surface area contributed by atoms with Crippen molar-refractivity contribution in [1.29, 1.82) is 0 Å². The molecular formula is C9H14BrN3O. The van der Waals surface area contributed by atoms with Gasteiger partial charge in [-0.15, -0.1) is 0 Å². The Morgan fingerprint density at radius 1 is 1.57 bits per heavy atom. The molecule has 1 fully saturated rings. The summed E-state index contributed by atoms with van der Waals surface area (Å²) in [5.41, 5.74) is 0. The lowest BCUT2D eigenvalue weighted by molar-refractivity contribution is 0.147. The molecule has 0 N–H and O–H groups in total. The minimum Gasteiger partial charge on any atom is -0.327 e. The summed E-state index contributed by atoms with van der Waals surface area (Å²) < 4.78 is 4.94. The Kier molecular flexibility index (Phi) is 3.18. The highest BCUT2D eigenvalue weighted by molar-refractivity contribution is 9.10. The highest BCUT2D eigenvalue weighted by atomic mass is 79.9. The smallest absolute Gasteiger partial charge is 0.293 e. The van der Waals surface area contributed by atoms with Crippen LogP contribution in [0.1, 0.15) is 38.1 Å². The van der Waals surface area contributed by atoms with Gasteiger partial charge in [0.25, 0.3) is 4.80 Å². The molecule has 78 valence electrons. The predicted molar refractivity (Wildman–Crippen MR) is 55.8 cm³/mol. The summed E-state index contributed by atoms with van der Waals surface area (Å²) in [4.78, 5) is 7.11. The van der Waals surface area contributed by atoms with Gasteiger partial charge in [-0.3, -0.25) is 4.90 Å². The second-order valence-corrected chi connectivity index (χ2v) is 4.22. The number of halogens is 1. The fraction of sp³-hybridized carbons (Fsp3) is 0.778. The van der Waals surface area contributed by atoms with Crippen molar-refractivity contribution >= 4 is 15.9 Å². The second-order valence-electron chi connectivity index (χ2n) is 3.55. The maximum absolute atomic E-state index is 4.94. The Labute approximate surface area is 91.8 Å². The van der Waals surface area contributed by atoms with Crippen molar-refractivity contribution < 1.29 is 4.52 Å². The molecule has 0 bridgehead atoms. The third-order valence-electron chi connectivity index (χ3n) is 2.73. The summed E-state index contributed by atoms with van der Waals surface area (Å²) in [5.74, 6) is 0.818. The van der Waals surface area contributed by atoms with Crippen molar-refractivity contribution in [3.63, 3.8) is 0 Å². The molecule has 1 aliphatic heterocycles. The van der Waals surface area contributed by atoms with Crippen LogP contribution < -0.4 is 0 Å². The zero-order valence-electron chi connectivity index (χ0n) is 8.24. The molecule has 0 spiro atoms. The van der Waals surface area contributed by atoms with Gasteiger partial charge in [-0.05, 0) is 25.9 Å². The van der Waals surface area contributed by atoms with Crippen molar-refractivity contribution in [1.82, 2.24) is 15.0 Å². The number of hydrogen-bond donors (Lipinski definition) is 0. The number of likely N-dealkylation sites (tertiary alicyclic amines) is 1. The van der Waals surface area contributed by atoms with Gasteiger partial charge in [0.1, 0.15) is 0 Å². The quantitative estimate of drug-likeness (QED) is 0.818. The normalized spacial score (nSPS) is 24.0. The maximum Gasteiger partial charge on any atom is 0.293 e. The van der Waals surface area contributed by atoms with Crippen LogP contribution in [0.2, 0.25) is 0 Å².